The SMILES string of the molecule is CC1=C(C)C(=O)N(OC(=S)N(C)C)C1=O. The lowest BCUT2D eigenvalue weighted by Gasteiger charge is -2.19. The van der Waals surface area contributed by atoms with Gasteiger partial charge in [0.25, 0.3) is 17.0 Å². The topological polar surface area (TPSA) is 49.9 Å². The highest BCUT2D eigenvalue weighted by Crippen LogP contribution is 2.20. The number of amides is 2. The van der Waals surface area contributed by atoms with Gasteiger partial charge in [-0.05, 0) is 26.1 Å². The van der Waals surface area contributed by atoms with Crippen molar-refractivity contribution in [3.63, 3.8) is 0 Å². The second-order valence-corrected chi connectivity index (χ2v) is 3.76. The summed E-state index contributed by atoms with van der Waals surface area (Å²) < 4.78 is 0. The maximum atomic E-state index is 11.5. The first kappa shape index (κ1) is 11.6. The van der Waals surface area contributed by atoms with Crippen molar-refractivity contribution < 1.29 is 14.4 Å². The second kappa shape index (κ2) is 3.98. The zero-order chi connectivity index (χ0) is 11.7. The second-order valence-electron chi connectivity index (χ2n) is 3.41. The van der Waals surface area contributed by atoms with Gasteiger partial charge in [0, 0.05) is 25.2 Å². The van der Waals surface area contributed by atoms with E-state index in [1.165, 1.54) is 4.90 Å². The maximum Gasteiger partial charge on any atom is 0.290 e. The van der Waals surface area contributed by atoms with Gasteiger partial charge in [-0.15, -0.1) is 0 Å². The molecule has 0 aromatic rings. The lowest BCUT2D eigenvalue weighted by molar-refractivity contribution is -0.167. The summed E-state index contributed by atoms with van der Waals surface area (Å²) in [6.45, 7) is 3.16. The quantitative estimate of drug-likeness (QED) is 0.482. The van der Waals surface area contributed by atoms with Crippen LogP contribution in [0.1, 0.15) is 13.8 Å². The highest BCUT2D eigenvalue weighted by Gasteiger charge is 2.36. The van der Waals surface area contributed by atoms with Gasteiger partial charge >= 0.3 is 0 Å². The molecule has 2 amide bonds. The van der Waals surface area contributed by atoms with Gasteiger partial charge in [0.1, 0.15) is 0 Å². The molecule has 0 atom stereocenters. The van der Waals surface area contributed by atoms with Crippen molar-refractivity contribution in [1.29, 1.82) is 0 Å². The molecular weight excluding hydrogens is 216 g/mol. The molecule has 0 spiro atoms. The van der Waals surface area contributed by atoms with Crippen LogP contribution in [0.4, 0.5) is 0 Å². The smallest absolute Gasteiger partial charge is 0.290 e. The molecule has 15 heavy (non-hydrogen) atoms. The Kier molecular flexibility index (Phi) is 3.09. The van der Waals surface area contributed by atoms with Crippen molar-refractivity contribution in [2.24, 2.45) is 0 Å². The molecule has 0 saturated carbocycles. The van der Waals surface area contributed by atoms with Crippen LogP contribution in [0.5, 0.6) is 0 Å². The van der Waals surface area contributed by atoms with Crippen molar-refractivity contribution in [3.05, 3.63) is 11.1 Å². The van der Waals surface area contributed by atoms with E-state index in [4.69, 9.17) is 17.1 Å². The summed E-state index contributed by atoms with van der Waals surface area (Å²) in [5.41, 5.74) is 0.781. The van der Waals surface area contributed by atoms with E-state index in [0.717, 1.165) is 0 Å². The summed E-state index contributed by atoms with van der Waals surface area (Å²) >= 11 is 4.84. The highest BCUT2D eigenvalue weighted by atomic mass is 32.1. The van der Waals surface area contributed by atoms with Crippen LogP contribution in [-0.4, -0.2) is 41.0 Å². The number of thiocarbonyl (C=S) groups is 1. The lowest BCUT2D eigenvalue weighted by atomic mass is 10.2. The Labute approximate surface area is 93.2 Å². The number of hydroxylamine groups is 2. The molecule has 6 heteroatoms. The standard InChI is InChI=1S/C9H12N2O3S/c1-5-6(2)8(13)11(7(5)12)14-9(15)10(3)4/h1-4H3. The molecule has 5 nitrogen and oxygen atoms in total. The van der Waals surface area contributed by atoms with Crippen LogP contribution < -0.4 is 0 Å². The number of hydrogen-bond donors (Lipinski definition) is 0. The fourth-order valence-electron chi connectivity index (χ4n) is 0.960. The van der Waals surface area contributed by atoms with Gasteiger partial charge in [0.2, 0.25) is 0 Å². The first-order valence-electron chi connectivity index (χ1n) is 4.31. The zero-order valence-electron chi connectivity index (χ0n) is 9.03. The van der Waals surface area contributed by atoms with E-state index in [9.17, 15) is 9.59 Å². The van der Waals surface area contributed by atoms with Crippen molar-refractivity contribution in [3.8, 4) is 0 Å². The molecule has 82 valence electrons. The first-order valence-corrected chi connectivity index (χ1v) is 4.72. The van der Waals surface area contributed by atoms with Crippen LogP contribution in [0.3, 0.4) is 0 Å². The number of hydrogen-bond acceptors (Lipinski definition) is 4. The molecule has 0 saturated heterocycles. The molecule has 1 heterocycles. The van der Waals surface area contributed by atoms with E-state index in [1.54, 1.807) is 27.9 Å². The molecule has 0 radical (unpaired) electrons. The molecule has 1 rings (SSSR count). The molecule has 1 aliphatic heterocycles. The van der Waals surface area contributed by atoms with E-state index in [2.05, 4.69) is 0 Å². The third kappa shape index (κ3) is 1.99. The average molecular weight is 228 g/mol. The number of imide groups is 1. The molecule has 0 bridgehead atoms. The molecule has 0 fully saturated rings. The van der Waals surface area contributed by atoms with Gasteiger partial charge in [0.05, 0.1) is 0 Å². The summed E-state index contributed by atoms with van der Waals surface area (Å²) in [6, 6.07) is 0. The Morgan fingerprint density at radius 2 is 1.60 bits per heavy atom. The van der Waals surface area contributed by atoms with E-state index in [1.807, 2.05) is 0 Å². The summed E-state index contributed by atoms with van der Waals surface area (Å²) in [7, 11) is 3.33. The van der Waals surface area contributed by atoms with Crippen molar-refractivity contribution in [2.75, 3.05) is 14.1 Å². The molecule has 0 aliphatic carbocycles. The van der Waals surface area contributed by atoms with Crippen molar-refractivity contribution in [1.82, 2.24) is 9.96 Å². The zero-order valence-corrected chi connectivity index (χ0v) is 9.84. The number of nitrogens with zero attached hydrogens (tertiary/aromatic N) is 2. The Balaban J connectivity index is 2.81. The van der Waals surface area contributed by atoms with E-state index >= 15 is 0 Å². The van der Waals surface area contributed by atoms with Gasteiger partial charge in [-0.25, -0.2) is 0 Å². The summed E-state index contributed by atoms with van der Waals surface area (Å²) in [5, 5.41) is 0.756. The number of carbonyl (C=O) groups excluding carboxylic acids is 2. The Morgan fingerprint density at radius 1 is 1.20 bits per heavy atom. The molecule has 0 aromatic carbocycles. The minimum absolute atomic E-state index is 0.0687. The van der Waals surface area contributed by atoms with E-state index in [-0.39, 0.29) is 5.17 Å². The molecule has 1 aliphatic rings. The Bertz CT molecular complexity index is 350. The molecular formula is C9H12N2O3S. The summed E-state index contributed by atoms with van der Waals surface area (Å²) in [4.78, 5) is 29.5. The number of rotatable bonds is 1. The first-order chi connectivity index (χ1) is 6.86. The number of carbonyl (C=O) groups is 2. The van der Waals surface area contributed by atoms with E-state index < -0.39 is 11.8 Å². The molecule has 0 N–H and O–H groups in total. The van der Waals surface area contributed by atoms with Gasteiger partial charge in [-0.3, -0.25) is 9.59 Å². The third-order valence-electron chi connectivity index (χ3n) is 2.11. The van der Waals surface area contributed by atoms with Gasteiger partial charge in [0.15, 0.2) is 0 Å². The average Bonchev–Trinajstić information content (AvgIpc) is 2.35. The summed E-state index contributed by atoms with van der Waals surface area (Å²) in [6.07, 6.45) is 0. The minimum Gasteiger partial charge on any atom is -0.338 e. The van der Waals surface area contributed by atoms with Gasteiger partial charge in [-0.1, -0.05) is 5.06 Å². The predicted molar refractivity (Wildman–Crippen MR) is 57.6 cm³/mol. The summed E-state index contributed by atoms with van der Waals surface area (Å²) in [5.74, 6) is -0.914. The largest absolute Gasteiger partial charge is 0.338 e. The van der Waals surface area contributed by atoms with Crippen LogP contribution in [0.25, 0.3) is 0 Å². The predicted octanol–water partition coefficient (Wildman–Crippen LogP) is 0.470. The van der Waals surface area contributed by atoms with Gasteiger partial charge < -0.3 is 9.74 Å². The van der Waals surface area contributed by atoms with Crippen LogP contribution in [0.15, 0.2) is 11.1 Å². The molecule has 0 unspecified atom stereocenters. The monoisotopic (exact) mass is 228 g/mol. The Hall–Kier alpha value is -1.43. The third-order valence-corrected chi connectivity index (χ3v) is 2.55. The lowest BCUT2D eigenvalue weighted by Crippen LogP contribution is -2.37. The fraction of sp³-hybridized carbons (Fsp3) is 0.444. The van der Waals surface area contributed by atoms with Crippen LogP contribution in [-0.2, 0) is 14.4 Å². The van der Waals surface area contributed by atoms with Crippen LogP contribution in [0, 0.1) is 0 Å². The van der Waals surface area contributed by atoms with Crippen LogP contribution in [0.2, 0.25) is 0 Å². The minimum atomic E-state index is -0.457. The van der Waals surface area contributed by atoms with Gasteiger partial charge in [-0.2, -0.15) is 0 Å². The van der Waals surface area contributed by atoms with Crippen molar-refractivity contribution in [2.45, 2.75) is 13.8 Å². The highest BCUT2D eigenvalue weighted by molar-refractivity contribution is 7.80. The van der Waals surface area contributed by atoms with Crippen LogP contribution >= 0.6 is 12.2 Å². The normalized spacial score (nSPS) is 16.1. The molecule has 0 aromatic heterocycles. The van der Waals surface area contributed by atoms with Crippen molar-refractivity contribution >= 4 is 29.2 Å². The Morgan fingerprint density at radius 3 is 1.93 bits per heavy atom. The van der Waals surface area contributed by atoms with E-state index in [0.29, 0.717) is 16.2 Å². The fourth-order valence-corrected chi connectivity index (χ4v) is 1.03. The maximum absolute atomic E-state index is 11.5.